The quantitative estimate of drug-likeness (QED) is 0.799. The molecule has 2 nitrogen and oxygen atoms in total. The maximum atomic E-state index is 13.8. The molecule has 20 heavy (non-hydrogen) atoms. The zero-order valence-electron chi connectivity index (χ0n) is 10.5. The molecule has 0 fully saturated rings. The van der Waals surface area contributed by atoms with E-state index in [1.54, 1.807) is 18.2 Å². The number of aryl methyl sites for hydroxylation is 1. The van der Waals surface area contributed by atoms with E-state index in [-0.39, 0.29) is 16.2 Å². The molecule has 6 heteroatoms. The number of thiocarbonyl (C=S) groups is 1. The van der Waals surface area contributed by atoms with E-state index in [0.717, 1.165) is 12.1 Å². The van der Waals surface area contributed by atoms with E-state index in [2.05, 4.69) is 21.2 Å². The SMILES string of the molecule is Cc1cc(F)c(Nc2ccc(C(N)=S)cc2Br)cc1F. The van der Waals surface area contributed by atoms with Gasteiger partial charge in [0.2, 0.25) is 0 Å². The number of halogens is 3. The molecule has 2 aromatic carbocycles. The van der Waals surface area contributed by atoms with Gasteiger partial charge in [0.15, 0.2) is 0 Å². The second kappa shape index (κ2) is 5.85. The van der Waals surface area contributed by atoms with Gasteiger partial charge in [0, 0.05) is 16.1 Å². The molecule has 2 rings (SSSR count). The highest BCUT2D eigenvalue weighted by molar-refractivity contribution is 9.10. The summed E-state index contributed by atoms with van der Waals surface area (Å²) in [6.07, 6.45) is 0. The molecule has 0 aliphatic carbocycles. The van der Waals surface area contributed by atoms with Gasteiger partial charge in [0.05, 0.1) is 11.4 Å². The van der Waals surface area contributed by atoms with E-state index in [1.165, 1.54) is 6.92 Å². The normalized spacial score (nSPS) is 10.4. The lowest BCUT2D eigenvalue weighted by Gasteiger charge is -2.11. The van der Waals surface area contributed by atoms with Crippen LogP contribution in [0.5, 0.6) is 0 Å². The van der Waals surface area contributed by atoms with Crippen LogP contribution in [0.3, 0.4) is 0 Å². The fourth-order valence-electron chi connectivity index (χ4n) is 1.66. The number of nitrogens with one attached hydrogen (secondary N) is 1. The fraction of sp³-hybridized carbons (Fsp3) is 0.0714. The molecule has 0 bridgehead atoms. The van der Waals surface area contributed by atoms with Crippen LogP contribution in [-0.4, -0.2) is 4.99 Å². The third-order valence-corrected chi connectivity index (χ3v) is 3.66. The highest BCUT2D eigenvalue weighted by Gasteiger charge is 2.10. The summed E-state index contributed by atoms with van der Waals surface area (Å²) in [6, 6.07) is 7.38. The minimum atomic E-state index is -0.519. The maximum Gasteiger partial charge on any atom is 0.147 e. The van der Waals surface area contributed by atoms with Gasteiger partial charge in [-0.25, -0.2) is 8.78 Å². The number of hydrogen-bond acceptors (Lipinski definition) is 2. The van der Waals surface area contributed by atoms with E-state index in [0.29, 0.717) is 15.7 Å². The third-order valence-electron chi connectivity index (χ3n) is 2.77. The second-order valence-corrected chi connectivity index (χ2v) is 5.56. The number of nitrogens with two attached hydrogens (primary N) is 1. The first-order valence-electron chi connectivity index (χ1n) is 5.70. The molecule has 0 saturated carbocycles. The molecule has 0 aliphatic heterocycles. The third kappa shape index (κ3) is 3.13. The Kier molecular flexibility index (Phi) is 4.35. The largest absolute Gasteiger partial charge is 0.389 e. The zero-order chi connectivity index (χ0) is 14.9. The first-order valence-corrected chi connectivity index (χ1v) is 6.90. The Balaban J connectivity index is 2.35. The molecular weight excluding hydrogens is 346 g/mol. The van der Waals surface area contributed by atoms with E-state index in [1.807, 2.05) is 0 Å². The van der Waals surface area contributed by atoms with Crippen LogP contribution in [0.1, 0.15) is 11.1 Å². The summed E-state index contributed by atoms with van der Waals surface area (Å²) >= 11 is 8.21. The Hall–Kier alpha value is -1.53. The number of benzene rings is 2. The first-order chi connectivity index (χ1) is 9.38. The van der Waals surface area contributed by atoms with Crippen molar-refractivity contribution in [1.82, 2.24) is 0 Å². The molecule has 3 N–H and O–H groups in total. The molecule has 0 radical (unpaired) electrons. The lowest BCUT2D eigenvalue weighted by Crippen LogP contribution is -2.09. The lowest BCUT2D eigenvalue weighted by molar-refractivity contribution is 0.595. The van der Waals surface area contributed by atoms with Crippen molar-refractivity contribution in [2.75, 3.05) is 5.32 Å². The van der Waals surface area contributed by atoms with Gasteiger partial charge in [0.25, 0.3) is 0 Å². The first kappa shape index (κ1) is 14.9. The molecule has 0 aromatic heterocycles. The molecule has 0 amide bonds. The summed E-state index contributed by atoms with van der Waals surface area (Å²) in [7, 11) is 0. The van der Waals surface area contributed by atoms with Crippen LogP contribution < -0.4 is 11.1 Å². The van der Waals surface area contributed by atoms with Gasteiger partial charge in [0.1, 0.15) is 16.6 Å². The Bertz CT molecular complexity index is 689. The Morgan fingerprint density at radius 2 is 1.85 bits per heavy atom. The van der Waals surface area contributed by atoms with Crippen LogP contribution in [-0.2, 0) is 0 Å². The Labute approximate surface area is 129 Å². The predicted molar refractivity (Wildman–Crippen MR) is 84.4 cm³/mol. The minimum Gasteiger partial charge on any atom is -0.389 e. The highest BCUT2D eigenvalue weighted by Crippen LogP contribution is 2.29. The lowest BCUT2D eigenvalue weighted by atomic mass is 10.1. The van der Waals surface area contributed by atoms with Crippen molar-refractivity contribution >= 4 is 44.5 Å². The Morgan fingerprint density at radius 1 is 1.15 bits per heavy atom. The maximum absolute atomic E-state index is 13.8. The summed E-state index contributed by atoms with van der Waals surface area (Å²) in [5, 5.41) is 2.83. The highest BCUT2D eigenvalue weighted by atomic mass is 79.9. The zero-order valence-corrected chi connectivity index (χ0v) is 12.9. The second-order valence-electron chi connectivity index (χ2n) is 4.27. The number of anilines is 2. The van der Waals surface area contributed by atoms with Gasteiger partial charge < -0.3 is 11.1 Å². The van der Waals surface area contributed by atoms with Crippen LogP contribution in [0.15, 0.2) is 34.8 Å². The van der Waals surface area contributed by atoms with Crippen molar-refractivity contribution in [3.63, 3.8) is 0 Å². The van der Waals surface area contributed by atoms with Gasteiger partial charge >= 0.3 is 0 Å². The summed E-state index contributed by atoms with van der Waals surface area (Å²) in [5.74, 6) is -0.987. The van der Waals surface area contributed by atoms with Crippen molar-refractivity contribution in [1.29, 1.82) is 0 Å². The van der Waals surface area contributed by atoms with Gasteiger partial charge in [-0.05, 0) is 52.7 Å². The molecule has 0 spiro atoms. The molecular formula is C14H11BrF2N2S. The average Bonchev–Trinajstić information content (AvgIpc) is 2.37. The summed E-state index contributed by atoms with van der Waals surface area (Å²) in [4.78, 5) is 0.268. The summed E-state index contributed by atoms with van der Waals surface area (Å²) in [6.45, 7) is 1.51. The molecule has 0 atom stereocenters. The topological polar surface area (TPSA) is 38.0 Å². The van der Waals surface area contributed by atoms with Crippen LogP contribution in [0.2, 0.25) is 0 Å². The molecule has 104 valence electrons. The molecule has 0 heterocycles. The number of rotatable bonds is 3. The fourth-order valence-corrected chi connectivity index (χ4v) is 2.26. The van der Waals surface area contributed by atoms with Crippen LogP contribution in [0, 0.1) is 18.6 Å². The van der Waals surface area contributed by atoms with Crippen molar-refractivity contribution in [3.8, 4) is 0 Å². The van der Waals surface area contributed by atoms with Crippen molar-refractivity contribution < 1.29 is 8.78 Å². The van der Waals surface area contributed by atoms with Gasteiger partial charge in [-0.3, -0.25) is 0 Å². The Morgan fingerprint density at radius 3 is 2.45 bits per heavy atom. The van der Waals surface area contributed by atoms with Crippen LogP contribution in [0.4, 0.5) is 20.2 Å². The van der Waals surface area contributed by atoms with Crippen molar-refractivity contribution in [2.45, 2.75) is 6.92 Å². The molecule has 0 unspecified atom stereocenters. The van der Waals surface area contributed by atoms with E-state index < -0.39 is 11.6 Å². The molecule has 0 saturated heterocycles. The van der Waals surface area contributed by atoms with Crippen molar-refractivity contribution in [3.05, 3.63) is 57.6 Å². The van der Waals surface area contributed by atoms with Gasteiger partial charge in [-0.1, -0.05) is 12.2 Å². The average molecular weight is 357 g/mol. The molecule has 2 aromatic rings. The van der Waals surface area contributed by atoms with Gasteiger partial charge in [-0.15, -0.1) is 0 Å². The summed E-state index contributed by atoms with van der Waals surface area (Å²) in [5.41, 5.74) is 7.13. The van der Waals surface area contributed by atoms with Crippen LogP contribution >= 0.6 is 28.1 Å². The standard InChI is InChI=1S/C14H11BrF2N2S/c1-7-4-11(17)13(6-10(7)16)19-12-3-2-8(14(18)20)5-9(12)15/h2-6,19H,1H3,(H2,18,20). The summed E-state index contributed by atoms with van der Waals surface area (Å²) < 4.78 is 27.9. The number of hydrogen-bond donors (Lipinski definition) is 2. The van der Waals surface area contributed by atoms with E-state index >= 15 is 0 Å². The van der Waals surface area contributed by atoms with E-state index in [9.17, 15) is 8.78 Å². The molecule has 0 aliphatic rings. The van der Waals surface area contributed by atoms with Crippen molar-refractivity contribution in [2.24, 2.45) is 5.73 Å². The minimum absolute atomic E-state index is 0.0666. The smallest absolute Gasteiger partial charge is 0.147 e. The van der Waals surface area contributed by atoms with E-state index in [4.69, 9.17) is 18.0 Å². The predicted octanol–water partition coefficient (Wildman–Crippen LogP) is 4.41. The van der Waals surface area contributed by atoms with Gasteiger partial charge in [-0.2, -0.15) is 0 Å². The monoisotopic (exact) mass is 356 g/mol. The van der Waals surface area contributed by atoms with Crippen LogP contribution in [0.25, 0.3) is 0 Å².